The molecule has 6 nitrogen and oxygen atoms in total. The molecular weight excluding hydrogens is 280 g/mol. The second-order valence-corrected chi connectivity index (χ2v) is 5.64. The lowest BCUT2D eigenvalue weighted by Gasteiger charge is -2.17. The molecule has 6 heteroatoms. The van der Waals surface area contributed by atoms with Crippen LogP contribution < -0.4 is 10.2 Å². The molecule has 0 spiro atoms. The van der Waals surface area contributed by atoms with Gasteiger partial charge in [0.05, 0.1) is 6.04 Å². The van der Waals surface area contributed by atoms with Crippen molar-refractivity contribution in [3.8, 4) is 0 Å². The van der Waals surface area contributed by atoms with E-state index in [1.54, 1.807) is 4.90 Å². The van der Waals surface area contributed by atoms with E-state index in [0.29, 0.717) is 24.9 Å². The first-order chi connectivity index (χ1) is 10.7. The fraction of sp³-hybridized carbons (Fsp3) is 0.438. The van der Waals surface area contributed by atoms with Gasteiger partial charge < -0.3 is 14.6 Å². The van der Waals surface area contributed by atoms with Crippen molar-refractivity contribution in [2.45, 2.75) is 39.2 Å². The van der Waals surface area contributed by atoms with Crippen molar-refractivity contribution in [2.75, 3.05) is 16.8 Å². The van der Waals surface area contributed by atoms with Crippen molar-refractivity contribution < 1.29 is 9.21 Å². The molecule has 0 unspecified atom stereocenters. The van der Waals surface area contributed by atoms with Crippen molar-refractivity contribution in [1.29, 1.82) is 0 Å². The monoisotopic (exact) mass is 300 g/mol. The number of amides is 1. The molecule has 1 N–H and O–H groups in total. The van der Waals surface area contributed by atoms with E-state index in [0.717, 1.165) is 24.1 Å². The Morgan fingerprint density at radius 3 is 3.05 bits per heavy atom. The third-order valence-corrected chi connectivity index (χ3v) is 3.70. The molecule has 22 heavy (non-hydrogen) atoms. The lowest BCUT2D eigenvalue weighted by atomic mass is 10.2. The molecule has 116 valence electrons. The van der Waals surface area contributed by atoms with Gasteiger partial charge in [-0.1, -0.05) is 24.2 Å². The van der Waals surface area contributed by atoms with Gasteiger partial charge in [0.25, 0.3) is 0 Å². The molecule has 0 radical (unpaired) electrons. The van der Waals surface area contributed by atoms with Crippen LogP contribution in [0.3, 0.4) is 0 Å². The molecule has 1 aromatic carbocycles. The number of carbonyl (C=O) groups excluding carboxylic acids is 1. The maximum absolute atomic E-state index is 12.2. The summed E-state index contributed by atoms with van der Waals surface area (Å²) in [5.41, 5.74) is 2.08. The molecule has 0 aliphatic carbocycles. The number of hydrogen-bond acceptors (Lipinski definition) is 5. The topological polar surface area (TPSA) is 71.3 Å². The molecule has 0 saturated carbocycles. The summed E-state index contributed by atoms with van der Waals surface area (Å²) in [4.78, 5) is 14.0. The van der Waals surface area contributed by atoms with Gasteiger partial charge in [0.2, 0.25) is 11.8 Å². The van der Waals surface area contributed by atoms with Crippen molar-refractivity contribution in [1.82, 2.24) is 10.2 Å². The predicted molar refractivity (Wildman–Crippen MR) is 83.9 cm³/mol. The van der Waals surface area contributed by atoms with E-state index in [2.05, 4.69) is 22.4 Å². The zero-order valence-electron chi connectivity index (χ0n) is 12.9. The molecule has 1 atom stereocenters. The first-order valence-electron chi connectivity index (χ1n) is 7.61. The number of aryl methyl sites for hydroxylation is 2. The van der Waals surface area contributed by atoms with Gasteiger partial charge in [-0.25, -0.2) is 0 Å². The Kier molecular flexibility index (Phi) is 4.09. The van der Waals surface area contributed by atoms with Crippen molar-refractivity contribution in [3.05, 3.63) is 35.7 Å². The van der Waals surface area contributed by atoms with Gasteiger partial charge in [0.15, 0.2) is 0 Å². The fourth-order valence-corrected chi connectivity index (χ4v) is 2.65. The van der Waals surface area contributed by atoms with Gasteiger partial charge >= 0.3 is 6.01 Å². The third kappa shape index (κ3) is 3.10. The Hall–Kier alpha value is -2.37. The number of nitrogens with zero attached hydrogens (tertiary/aromatic N) is 3. The largest absolute Gasteiger partial charge is 0.408 e. The van der Waals surface area contributed by atoms with E-state index in [1.165, 1.54) is 0 Å². The Balaban J connectivity index is 1.66. The van der Waals surface area contributed by atoms with E-state index < -0.39 is 0 Å². The minimum atomic E-state index is -0.0112. The minimum absolute atomic E-state index is 0.0112. The zero-order chi connectivity index (χ0) is 15.5. The van der Waals surface area contributed by atoms with Crippen LogP contribution in [-0.4, -0.2) is 28.7 Å². The summed E-state index contributed by atoms with van der Waals surface area (Å²) in [6, 6.07) is 8.35. The van der Waals surface area contributed by atoms with E-state index >= 15 is 0 Å². The number of hydrogen-bond donors (Lipinski definition) is 1. The summed E-state index contributed by atoms with van der Waals surface area (Å²) in [6.07, 6.45) is 2.16. The molecule has 3 rings (SSSR count). The highest BCUT2D eigenvalue weighted by Crippen LogP contribution is 2.24. The van der Waals surface area contributed by atoms with E-state index in [-0.39, 0.29) is 11.9 Å². The van der Waals surface area contributed by atoms with E-state index in [4.69, 9.17) is 4.42 Å². The Morgan fingerprint density at radius 1 is 1.41 bits per heavy atom. The highest BCUT2D eigenvalue weighted by Gasteiger charge is 2.31. The first-order valence-corrected chi connectivity index (χ1v) is 7.61. The fourth-order valence-electron chi connectivity index (χ4n) is 2.65. The van der Waals surface area contributed by atoms with Crippen LogP contribution in [0, 0.1) is 6.92 Å². The maximum atomic E-state index is 12.2. The normalized spacial score (nSPS) is 18.0. The molecule has 2 heterocycles. The van der Waals surface area contributed by atoms with E-state index in [1.807, 2.05) is 31.2 Å². The van der Waals surface area contributed by atoms with Crippen molar-refractivity contribution >= 4 is 17.6 Å². The van der Waals surface area contributed by atoms with Gasteiger partial charge in [-0.05, 0) is 31.0 Å². The first kappa shape index (κ1) is 14.6. The lowest BCUT2D eigenvalue weighted by molar-refractivity contribution is -0.117. The zero-order valence-corrected chi connectivity index (χ0v) is 12.9. The number of benzene rings is 1. The van der Waals surface area contributed by atoms with Crippen molar-refractivity contribution in [3.63, 3.8) is 0 Å². The Bertz CT molecular complexity index is 668. The van der Waals surface area contributed by atoms with Crippen LogP contribution in [0.2, 0.25) is 0 Å². The summed E-state index contributed by atoms with van der Waals surface area (Å²) in [5, 5.41) is 11.1. The highest BCUT2D eigenvalue weighted by molar-refractivity contribution is 5.96. The summed E-state index contributed by atoms with van der Waals surface area (Å²) in [6.45, 7) is 4.69. The minimum Gasteiger partial charge on any atom is -0.408 e. The summed E-state index contributed by atoms with van der Waals surface area (Å²) < 4.78 is 5.52. The van der Waals surface area contributed by atoms with Crippen LogP contribution in [0.1, 0.15) is 31.2 Å². The smallest absolute Gasteiger partial charge is 0.315 e. The predicted octanol–water partition coefficient (Wildman–Crippen LogP) is 2.55. The number of aromatic nitrogens is 2. The molecule has 1 aliphatic heterocycles. The van der Waals surface area contributed by atoms with Gasteiger partial charge in [-0.2, -0.15) is 0 Å². The van der Waals surface area contributed by atoms with Gasteiger partial charge in [0.1, 0.15) is 0 Å². The van der Waals surface area contributed by atoms with Crippen LogP contribution in [0.4, 0.5) is 11.7 Å². The van der Waals surface area contributed by atoms with Gasteiger partial charge in [0, 0.05) is 25.1 Å². The average molecular weight is 300 g/mol. The van der Waals surface area contributed by atoms with Gasteiger partial charge in [-0.15, -0.1) is 5.10 Å². The number of anilines is 2. The Morgan fingerprint density at radius 2 is 2.27 bits per heavy atom. The number of carbonyl (C=O) groups is 1. The molecule has 1 fully saturated rings. The molecule has 1 aliphatic rings. The van der Waals surface area contributed by atoms with Crippen LogP contribution in [0.15, 0.2) is 28.7 Å². The van der Waals surface area contributed by atoms with Crippen molar-refractivity contribution in [2.24, 2.45) is 0 Å². The second-order valence-electron chi connectivity index (χ2n) is 5.64. The summed E-state index contributed by atoms with van der Waals surface area (Å²) in [5.74, 6) is 0.737. The molecule has 1 aromatic heterocycles. The van der Waals surface area contributed by atoms with Gasteiger partial charge in [-0.3, -0.25) is 4.79 Å². The SMILES string of the molecule is CCCc1nnc(N[C@H]2CC(=O)N(c3cccc(C)c3)C2)o1. The Labute approximate surface area is 129 Å². The summed E-state index contributed by atoms with van der Waals surface area (Å²) in [7, 11) is 0. The van der Waals surface area contributed by atoms with Crippen LogP contribution >= 0.6 is 0 Å². The lowest BCUT2D eigenvalue weighted by Crippen LogP contribution is -2.27. The standard InChI is InChI=1S/C16H20N4O2/c1-3-5-14-18-19-16(22-14)17-12-9-15(21)20(10-12)13-7-4-6-11(2)8-13/h4,6-8,12H,3,5,9-10H2,1-2H3,(H,17,19)/t12-/m0/s1. The molecule has 2 aromatic rings. The molecule has 1 amide bonds. The van der Waals surface area contributed by atoms with Crippen LogP contribution in [0.5, 0.6) is 0 Å². The highest BCUT2D eigenvalue weighted by atomic mass is 16.4. The van der Waals surface area contributed by atoms with E-state index in [9.17, 15) is 4.79 Å². The molecule has 1 saturated heterocycles. The molecular formula is C16H20N4O2. The summed E-state index contributed by atoms with van der Waals surface area (Å²) >= 11 is 0. The third-order valence-electron chi connectivity index (χ3n) is 3.70. The van der Waals surface area contributed by atoms with Crippen LogP contribution in [-0.2, 0) is 11.2 Å². The average Bonchev–Trinajstić information content (AvgIpc) is 3.06. The maximum Gasteiger partial charge on any atom is 0.315 e. The quantitative estimate of drug-likeness (QED) is 0.918. The number of rotatable bonds is 5. The number of nitrogens with one attached hydrogen (secondary N) is 1. The second kappa shape index (κ2) is 6.17. The van der Waals surface area contributed by atoms with Crippen LogP contribution in [0.25, 0.3) is 0 Å². The molecule has 0 bridgehead atoms.